The minimum Gasteiger partial charge on any atom is -0.479 e. The van der Waals surface area contributed by atoms with E-state index in [1.54, 1.807) is 18.2 Å². The van der Waals surface area contributed by atoms with E-state index in [0.717, 1.165) is 15.3 Å². The van der Waals surface area contributed by atoms with Gasteiger partial charge in [-0.25, -0.2) is 4.98 Å². The first-order chi connectivity index (χ1) is 11.7. The van der Waals surface area contributed by atoms with E-state index in [-0.39, 0.29) is 12.3 Å². The predicted molar refractivity (Wildman–Crippen MR) is 92.8 cm³/mol. The third-order valence-corrected chi connectivity index (χ3v) is 4.20. The first-order valence-corrected chi connectivity index (χ1v) is 7.80. The van der Waals surface area contributed by atoms with Crippen molar-refractivity contribution in [3.8, 4) is 11.8 Å². The van der Waals surface area contributed by atoms with Crippen LogP contribution >= 0.6 is 11.3 Å². The topological polar surface area (TPSA) is 89.0 Å². The van der Waals surface area contributed by atoms with Crippen LogP contribution in [0.4, 0.5) is 5.69 Å². The molecule has 3 aromatic rings. The van der Waals surface area contributed by atoms with Gasteiger partial charge in [0.25, 0.3) is 5.69 Å². The molecule has 0 N–H and O–H groups in total. The van der Waals surface area contributed by atoms with Gasteiger partial charge in [0, 0.05) is 12.1 Å². The number of thiazole rings is 1. The summed E-state index contributed by atoms with van der Waals surface area (Å²) in [5, 5.41) is 20.0. The van der Waals surface area contributed by atoms with Gasteiger partial charge < -0.3 is 4.74 Å². The molecule has 7 heteroatoms. The minimum absolute atomic E-state index is 0.0209. The first-order valence-electron chi connectivity index (χ1n) is 6.98. The molecule has 1 heterocycles. The fourth-order valence-electron chi connectivity index (χ4n) is 2.08. The highest BCUT2D eigenvalue weighted by Gasteiger charge is 2.09. The fourth-order valence-corrected chi connectivity index (χ4v) is 2.93. The Balaban J connectivity index is 1.77. The van der Waals surface area contributed by atoms with Gasteiger partial charge in [-0.3, -0.25) is 10.1 Å². The number of fused-ring (bicyclic) bond motifs is 1. The quantitative estimate of drug-likeness (QED) is 0.512. The molecule has 0 saturated carbocycles. The van der Waals surface area contributed by atoms with Gasteiger partial charge in [-0.2, -0.15) is 5.26 Å². The fraction of sp³-hybridized carbons (Fsp3) is 0.0588. The maximum Gasteiger partial charge on any atom is 0.271 e. The summed E-state index contributed by atoms with van der Waals surface area (Å²) < 4.78 is 6.10. The number of hydrogen-bond donors (Lipinski definition) is 0. The molecule has 0 aliphatic heterocycles. The number of nitrogens with zero attached hydrogens (tertiary/aromatic N) is 3. The SMILES string of the molecule is N#CCOc1ccc(/C=C/c2nc3cc([N+](=O)[O-])ccc3s2)cc1. The van der Waals surface area contributed by atoms with Crippen molar-refractivity contribution < 1.29 is 9.66 Å². The molecule has 1 aromatic heterocycles. The van der Waals surface area contributed by atoms with E-state index in [9.17, 15) is 10.1 Å². The van der Waals surface area contributed by atoms with E-state index in [0.29, 0.717) is 11.3 Å². The maximum absolute atomic E-state index is 10.8. The second kappa shape index (κ2) is 6.89. The van der Waals surface area contributed by atoms with Gasteiger partial charge in [-0.05, 0) is 29.8 Å². The van der Waals surface area contributed by atoms with Gasteiger partial charge in [0.15, 0.2) is 6.61 Å². The van der Waals surface area contributed by atoms with Crippen molar-refractivity contribution in [3.63, 3.8) is 0 Å². The smallest absolute Gasteiger partial charge is 0.271 e. The molecule has 3 rings (SSSR count). The number of rotatable bonds is 5. The Hall–Kier alpha value is -3.24. The van der Waals surface area contributed by atoms with Gasteiger partial charge in [0.05, 0.1) is 15.1 Å². The Morgan fingerprint density at radius 1 is 1.25 bits per heavy atom. The second-order valence-electron chi connectivity index (χ2n) is 4.81. The molecule has 118 valence electrons. The molecule has 2 aromatic carbocycles. The summed E-state index contributed by atoms with van der Waals surface area (Å²) in [4.78, 5) is 14.8. The average Bonchev–Trinajstić information content (AvgIpc) is 3.01. The summed E-state index contributed by atoms with van der Waals surface area (Å²) in [5.74, 6) is 0.640. The molecular weight excluding hydrogens is 326 g/mol. The van der Waals surface area contributed by atoms with Gasteiger partial charge in [0.2, 0.25) is 0 Å². The van der Waals surface area contributed by atoms with E-state index in [1.807, 2.05) is 30.4 Å². The Morgan fingerprint density at radius 3 is 2.75 bits per heavy atom. The monoisotopic (exact) mass is 337 g/mol. The molecule has 0 spiro atoms. The summed E-state index contributed by atoms with van der Waals surface area (Å²) >= 11 is 1.47. The summed E-state index contributed by atoms with van der Waals surface area (Å²) in [7, 11) is 0. The van der Waals surface area contributed by atoms with Crippen LogP contribution in [0.5, 0.6) is 5.75 Å². The van der Waals surface area contributed by atoms with Gasteiger partial charge in [-0.15, -0.1) is 11.3 Å². The largest absolute Gasteiger partial charge is 0.479 e. The molecule has 0 amide bonds. The Morgan fingerprint density at radius 2 is 2.04 bits per heavy atom. The number of nitro benzene ring substituents is 1. The van der Waals surface area contributed by atoms with E-state index < -0.39 is 4.92 Å². The van der Waals surface area contributed by atoms with E-state index in [4.69, 9.17) is 10.00 Å². The first kappa shape index (κ1) is 15.6. The highest BCUT2D eigenvalue weighted by molar-refractivity contribution is 7.19. The van der Waals surface area contributed by atoms with E-state index in [2.05, 4.69) is 4.98 Å². The van der Waals surface area contributed by atoms with Crippen LogP contribution < -0.4 is 4.74 Å². The van der Waals surface area contributed by atoms with Crippen molar-refractivity contribution in [3.05, 3.63) is 63.1 Å². The van der Waals surface area contributed by atoms with Crippen molar-refractivity contribution in [2.75, 3.05) is 6.61 Å². The Labute approximate surface area is 141 Å². The van der Waals surface area contributed by atoms with Crippen LogP contribution in [0.25, 0.3) is 22.4 Å². The molecule has 0 fully saturated rings. The van der Waals surface area contributed by atoms with Gasteiger partial charge >= 0.3 is 0 Å². The summed E-state index contributed by atoms with van der Waals surface area (Å²) in [6.45, 7) is 0.0209. The third-order valence-electron chi connectivity index (χ3n) is 3.20. The number of hydrogen-bond acceptors (Lipinski definition) is 6. The molecule has 24 heavy (non-hydrogen) atoms. The molecule has 6 nitrogen and oxygen atoms in total. The molecular formula is C17H11N3O3S. The zero-order chi connectivity index (χ0) is 16.9. The van der Waals surface area contributed by atoms with E-state index in [1.165, 1.54) is 23.5 Å². The van der Waals surface area contributed by atoms with Gasteiger partial charge in [0.1, 0.15) is 16.8 Å². The van der Waals surface area contributed by atoms with Crippen molar-refractivity contribution in [2.45, 2.75) is 0 Å². The summed E-state index contributed by atoms with van der Waals surface area (Å²) in [5.41, 5.74) is 1.62. The van der Waals surface area contributed by atoms with Crippen molar-refractivity contribution in [2.24, 2.45) is 0 Å². The lowest BCUT2D eigenvalue weighted by atomic mass is 10.2. The molecule has 0 saturated heterocycles. The predicted octanol–water partition coefficient (Wildman–Crippen LogP) is 4.28. The van der Waals surface area contributed by atoms with Crippen LogP contribution in [0.15, 0.2) is 42.5 Å². The van der Waals surface area contributed by atoms with Crippen LogP contribution in [0.2, 0.25) is 0 Å². The lowest BCUT2D eigenvalue weighted by Crippen LogP contribution is -1.92. The maximum atomic E-state index is 10.8. The van der Waals surface area contributed by atoms with Crippen LogP contribution in [-0.2, 0) is 0 Å². The second-order valence-corrected chi connectivity index (χ2v) is 5.87. The summed E-state index contributed by atoms with van der Waals surface area (Å²) in [6, 6.07) is 13.9. The van der Waals surface area contributed by atoms with Crippen LogP contribution in [0, 0.1) is 21.4 Å². The normalized spacial score (nSPS) is 10.8. The number of non-ortho nitro benzene ring substituents is 1. The molecule has 0 radical (unpaired) electrons. The standard InChI is InChI=1S/C17H11N3O3S/c18-9-10-23-14-5-1-12(2-6-14)3-8-17-19-15-11-13(20(21)22)4-7-16(15)24-17/h1-8,11H,10H2/b8-3+. The number of benzene rings is 2. The number of nitro groups is 1. The number of ether oxygens (including phenoxy) is 1. The highest BCUT2D eigenvalue weighted by atomic mass is 32.1. The number of aromatic nitrogens is 1. The third kappa shape index (κ3) is 3.56. The van der Waals surface area contributed by atoms with Crippen LogP contribution in [0.1, 0.15) is 10.6 Å². The number of nitriles is 1. The zero-order valence-corrected chi connectivity index (χ0v) is 13.2. The van der Waals surface area contributed by atoms with Crippen molar-refractivity contribution in [1.82, 2.24) is 4.98 Å². The van der Waals surface area contributed by atoms with Crippen LogP contribution in [0.3, 0.4) is 0 Å². The Bertz CT molecular complexity index is 955. The van der Waals surface area contributed by atoms with Crippen molar-refractivity contribution >= 4 is 39.4 Å². The molecule has 0 bridgehead atoms. The molecule has 0 atom stereocenters. The zero-order valence-electron chi connectivity index (χ0n) is 12.4. The molecule has 0 unspecified atom stereocenters. The van der Waals surface area contributed by atoms with Crippen LogP contribution in [-0.4, -0.2) is 16.5 Å². The lowest BCUT2D eigenvalue weighted by molar-refractivity contribution is -0.384. The Kier molecular flexibility index (Phi) is 4.50. The van der Waals surface area contributed by atoms with Crippen molar-refractivity contribution in [1.29, 1.82) is 5.26 Å². The summed E-state index contributed by atoms with van der Waals surface area (Å²) in [6.07, 6.45) is 3.77. The molecule has 0 aliphatic carbocycles. The average molecular weight is 337 g/mol. The lowest BCUT2D eigenvalue weighted by Gasteiger charge is -2.00. The van der Waals surface area contributed by atoms with E-state index >= 15 is 0 Å². The minimum atomic E-state index is -0.426. The molecule has 0 aliphatic rings. The van der Waals surface area contributed by atoms with Gasteiger partial charge in [-0.1, -0.05) is 18.2 Å². The highest BCUT2D eigenvalue weighted by Crippen LogP contribution is 2.27.